The molecule has 1 heterocycles. The van der Waals surface area contributed by atoms with E-state index in [-0.39, 0.29) is 0 Å². The molecule has 0 aromatic heterocycles. The van der Waals surface area contributed by atoms with Crippen LogP contribution in [-0.4, -0.2) is 18.1 Å². The smallest absolute Gasteiger partial charge is 0.0340 e. The highest BCUT2D eigenvalue weighted by Gasteiger charge is 2.65. The molecular weight excluding hydrogens is 124 g/mol. The average Bonchev–Trinajstić information content (AvgIpc) is 2.81. The molecule has 56 valence electrons. The van der Waals surface area contributed by atoms with E-state index < -0.39 is 0 Å². The Morgan fingerprint density at radius 1 is 1.20 bits per heavy atom. The fraction of sp³-hybridized carbons (Fsp3) is 1.00. The molecule has 10 heavy (non-hydrogen) atoms. The number of nitrogens with one attached hydrogen (secondary N) is 1. The van der Waals surface area contributed by atoms with Gasteiger partial charge in [0.05, 0.1) is 0 Å². The summed E-state index contributed by atoms with van der Waals surface area (Å²) in [6.07, 6.45) is 5.41. The molecule has 2 nitrogen and oxygen atoms in total. The molecule has 3 N–H and O–H groups in total. The number of rotatable bonds is 0. The van der Waals surface area contributed by atoms with Gasteiger partial charge in [0.2, 0.25) is 0 Å². The Balaban J connectivity index is 1.94. The van der Waals surface area contributed by atoms with Gasteiger partial charge in [-0.1, -0.05) is 0 Å². The molecule has 1 aliphatic heterocycles. The minimum absolute atomic E-state index is 0.427. The first-order chi connectivity index (χ1) is 4.78. The lowest BCUT2D eigenvalue weighted by Crippen LogP contribution is -2.41. The zero-order chi connectivity index (χ0) is 6.82. The highest BCUT2D eigenvalue weighted by Crippen LogP contribution is 2.59. The fourth-order valence-corrected chi connectivity index (χ4v) is 2.43. The van der Waals surface area contributed by atoms with E-state index in [0.717, 1.165) is 0 Å². The Hall–Kier alpha value is -0.0800. The molecule has 1 unspecified atom stereocenters. The van der Waals surface area contributed by atoms with Crippen LogP contribution in [0.1, 0.15) is 25.7 Å². The summed E-state index contributed by atoms with van der Waals surface area (Å²) in [5, 5.41) is 3.58. The minimum atomic E-state index is 0.427. The molecule has 3 rings (SSSR count). The van der Waals surface area contributed by atoms with Gasteiger partial charge in [0, 0.05) is 18.1 Å². The van der Waals surface area contributed by atoms with E-state index in [9.17, 15) is 0 Å². The van der Waals surface area contributed by atoms with E-state index in [4.69, 9.17) is 5.73 Å². The Morgan fingerprint density at radius 2 is 1.90 bits per heavy atom. The van der Waals surface area contributed by atoms with Gasteiger partial charge in [0.25, 0.3) is 0 Å². The van der Waals surface area contributed by atoms with Crippen molar-refractivity contribution in [3.8, 4) is 0 Å². The van der Waals surface area contributed by atoms with Gasteiger partial charge in [-0.2, -0.15) is 0 Å². The van der Waals surface area contributed by atoms with Crippen molar-refractivity contribution < 1.29 is 0 Å². The van der Waals surface area contributed by atoms with Crippen molar-refractivity contribution in [2.24, 2.45) is 11.1 Å². The molecule has 0 aromatic carbocycles. The Kier molecular flexibility index (Phi) is 0.710. The quantitative estimate of drug-likeness (QED) is 0.503. The van der Waals surface area contributed by atoms with Gasteiger partial charge in [0.1, 0.15) is 0 Å². The van der Waals surface area contributed by atoms with Gasteiger partial charge in [-0.05, 0) is 31.1 Å². The lowest BCUT2D eigenvalue weighted by atomic mass is 9.95. The third-order valence-electron chi connectivity index (χ3n) is 3.73. The Labute approximate surface area is 61.2 Å². The first-order valence-corrected chi connectivity index (χ1v) is 4.28. The molecule has 0 amide bonds. The normalized spacial score (nSPS) is 44.7. The van der Waals surface area contributed by atoms with Crippen LogP contribution in [0.2, 0.25) is 0 Å². The summed E-state index contributed by atoms with van der Waals surface area (Å²) in [4.78, 5) is 0. The van der Waals surface area contributed by atoms with Crippen LogP contribution in [0.4, 0.5) is 0 Å². The second-order valence-corrected chi connectivity index (χ2v) is 4.35. The van der Waals surface area contributed by atoms with Crippen LogP contribution in [0.5, 0.6) is 0 Å². The van der Waals surface area contributed by atoms with Crippen molar-refractivity contribution in [2.45, 2.75) is 37.3 Å². The van der Waals surface area contributed by atoms with Crippen molar-refractivity contribution in [1.82, 2.24) is 5.32 Å². The van der Waals surface area contributed by atoms with Crippen LogP contribution in [0.25, 0.3) is 0 Å². The van der Waals surface area contributed by atoms with E-state index in [1.54, 1.807) is 0 Å². The maximum atomic E-state index is 6.15. The van der Waals surface area contributed by atoms with Gasteiger partial charge in [0.15, 0.2) is 0 Å². The first-order valence-electron chi connectivity index (χ1n) is 4.28. The van der Waals surface area contributed by atoms with E-state index in [0.29, 0.717) is 17.0 Å². The highest BCUT2D eigenvalue weighted by atomic mass is 15.1. The molecule has 2 saturated carbocycles. The minimum Gasteiger partial charge on any atom is -0.326 e. The van der Waals surface area contributed by atoms with E-state index in [2.05, 4.69) is 5.32 Å². The topological polar surface area (TPSA) is 38.0 Å². The summed E-state index contributed by atoms with van der Waals surface area (Å²) < 4.78 is 0. The van der Waals surface area contributed by atoms with Crippen LogP contribution < -0.4 is 11.1 Å². The zero-order valence-electron chi connectivity index (χ0n) is 6.19. The second kappa shape index (κ2) is 1.28. The summed E-state index contributed by atoms with van der Waals surface area (Å²) in [6.45, 7) is 1.20. The highest BCUT2D eigenvalue weighted by molar-refractivity contribution is 5.24. The molecule has 3 fully saturated rings. The molecule has 2 heteroatoms. The standard InChI is InChI=1S/C8H14N2/c9-6-7(1-2-7)5-10-8(6)3-4-8/h6,10H,1-5,9H2. The van der Waals surface area contributed by atoms with Crippen LogP contribution in [0.3, 0.4) is 0 Å². The van der Waals surface area contributed by atoms with Gasteiger partial charge in [-0.3, -0.25) is 0 Å². The molecule has 1 saturated heterocycles. The average molecular weight is 138 g/mol. The van der Waals surface area contributed by atoms with Crippen LogP contribution in [0.15, 0.2) is 0 Å². The summed E-state index contributed by atoms with van der Waals surface area (Å²) >= 11 is 0. The van der Waals surface area contributed by atoms with Crippen LogP contribution >= 0.6 is 0 Å². The molecule has 0 radical (unpaired) electrons. The summed E-state index contributed by atoms with van der Waals surface area (Å²) in [7, 11) is 0. The molecule has 0 bridgehead atoms. The fourth-order valence-electron chi connectivity index (χ4n) is 2.43. The monoisotopic (exact) mass is 138 g/mol. The van der Waals surface area contributed by atoms with Crippen molar-refractivity contribution in [3.05, 3.63) is 0 Å². The van der Waals surface area contributed by atoms with Crippen molar-refractivity contribution in [1.29, 1.82) is 0 Å². The zero-order valence-corrected chi connectivity index (χ0v) is 6.19. The third kappa shape index (κ3) is 0.453. The van der Waals surface area contributed by atoms with E-state index in [1.165, 1.54) is 32.2 Å². The number of nitrogens with two attached hydrogens (primary N) is 1. The summed E-state index contributed by atoms with van der Waals surface area (Å²) in [5.74, 6) is 0. The summed E-state index contributed by atoms with van der Waals surface area (Å²) in [5.41, 5.74) is 7.15. The maximum absolute atomic E-state index is 6.15. The van der Waals surface area contributed by atoms with Gasteiger partial charge >= 0.3 is 0 Å². The Bertz CT molecular complexity index is 160. The van der Waals surface area contributed by atoms with Gasteiger partial charge < -0.3 is 11.1 Å². The number of hydrogen-bond donors (Lipinski definition) is 2. The third-order valence-corrected chi connectivity index (χ3v) is 3.73. The van der Waals surface area contributed by atoms with Crippen LogP contribution in [0, 0.1) is 5.41 Å². The SMILES string of the molecule is NC1C2(CC2)CNC12CC2. The second-order valence-electron chi connectivity index (χ2n) is 4.35. The predicted octanol–water partition coefficient (Wildman–Crippen LogP) is 0.230. The van der Waals surface area contributed by atoms with Gasteiger partial charge in [-0.25, -0.2) is 0 Å². The molecule has 0 aromatic rings. The van der Waals surface area contributed by atoms with Crippen molar-refractivity contribution >= 4 is 0 Å². The Morgan fingerprint density at radius 3 is 2.20 bits per heavy atom. The van der Waals surface area contributed by atoms with Crippen LogP contribution in [-0.2, 0) is 0 Å². The summed E-state index contributed by atoms with van der Waals surface area (Å²) in [6, 6.07) is 0.486. The van der Waals surface area contributed by atoms with Crippen molar-refractivity contribution in [2.75, 3.05) is 6.54 Å². The largest absolute Gasteiger partial charge is 0.326 e. The molecule has 2 spiro atoms. The van der Waals surface area contributed by atoms with Crippen molar-refractivity contribution in [3.63, 3.8) is 0 Å². The molecule has 1 atom stereocenters. The van der Waals surface area contributed by atoms with E-state index >= 15 is 0 Å². The first kappa shape index (κ1) is 5.56. The molecule has 2 aliphatic carbocycles. The maximum Gasteiger partial charge on any atom is 0.0340 e. The number of hydrogen-bond acceptors (Lipinski definition) is 2. The molecular formula is C8H14N2. The lowest BCUT2D eigenvalue weighted by molar-refractivity contribution is 0.439. The van der Waals surface area contributed by atoms with Gasteiger partial charge in [-0.15, -0.1) is 0 Å². The predicted molar refractivity (Wildman–Crippen MR) is 39.6 cm³/mol. The van der Waals surface area contributed by atoms with E-state index in [1.807, 2.05) is 0 Å². The lowest BCUT2D eigenvalue weighted by Gasteiger charge is -2.17. The molecule has 3 aliphatic rings.